The molecule has 1 heterocycles. The molecule has 0 bridgehead atoms. The largest absolute Gasteiger partial charge is 0.573 e. The fraction of sp³-hybridized carbons (Fsp3) is 0.0667. The summed E-state index contributed by atoms with van der Waals surface area (Å²) in [4.78, 5) is 0. The van der Waals surface area contributed by atoms with E-state index in [0.717, 1.165) is 12.1 Å². The molecule has 0 aliphatic carbocycles. The minimum atomic E-state index is -4.95. The molecule has 3 rings (SSSR count). The summed E-state index contributed by atoms with van der Waals surface area (Å²) >= 11 is 0. The van der Waals surface area contributed by atoms with E-state index in [4.69, 9.17) is 4.74 Å². The van der Waals surface area contributed by atoms with Crippen LogP contribution in [0.2, 0.25) is 0 Å². The van der Waals surface area contributed by atoms with Crippen LogP contribution in [-0.2, 0) is 0 Å². The van der Waals surface area contributed by atoms with Crippen molar-refractivity contribution in [3.8, 4) is 28.5 Å². The Labute approximate surface area is 132 Å². The average molecular weight is 339 g/mol. The number of rotatable bonds is 4. The zero-order valence-electron chi connectivity index (χ0n) is 11.8. The Hall–Kier alpha value is -3.10. The van der Waals surface area contributed by atoms with E-state index >= 15 is 0 Å². The van der Waals surface area contributed by atoms with Crippen LogP contribution in [0.4, 0.5) is 17.6 Å². The maximum Gasteiger partial charge on any atom is 0.573 e. The predicted octanol–water partition coefficient (Wildman–Crippen LogP) is 4.30. The molecule has 0 atom stereocenters. The molecule has 0 saturated carbocycles. The van der Waals surface area contributed by atoms with Gasteiger partial charge in [-0.3, -0.25) is 0 Å². The third-order valence-corrected chi connectivity index (χ3v) is 2.94. The van der Waals surface area contributed by atoms with Crippen molar-refractivity contribution in [2.75, 3.05) is 0 Å². The summed E-state index contributed by atoms with van der Waals surface area (Å²) in [6, 6.07) is 9.75. The molecule has 0 amide bonds. The number of hydrogen-bond acceptors (Lipinski definition) is 4. The predicted molar refractivity (Wildman–Crippen MR) is 75.0 cm³/mol. The van der Waals surface area contributed by atoms with Crippen molar-refractivity contribution in [2.24, 2.45) is 0 Å². The van der Waals surface area contributed by atoms with E-state index < -0.39 is 17.9 Å². The van der Waals surface area contributed by atoms with Gasteiger partial charge in [-0.2, -0.15) is 10.3 Å². The Morgan fingerprint density at radius 1 is 1.00 bits per heavy atom. The molecule has 0 unspecified atom stereocenters. The second-order valence-electron chi connectivity index (χ2n) is 4.63. The molecule has 9 heteroatoms. The Kier molecular flexibility index (Phi) is 4.07. The van der Waals surface area contributed by atoms with Gasteiger partial charge in [-0.05, 0) is 35.4 Å². The van der Waals surface area contributed by atoms with Gasteiger partial charge in [0.15, 0.2) is 11.6 Å². The topological polar surface area (TPSA) is 60.0 Å². The highest BCUT2D eigenvalue weighted by atomic mass is 19.4. The number of hydrogen-bond donors (Lipinski definition) is 1. The Morgan fingerprint density at radius 3 is 2.46 bits per heavy atom. The molecule has 0 radical (unpaired) electrons. The summed E-state index contributed by atoms with van der Waals surface area (Å²) in [6.07, 6.45) is -3.58. The maximum atomic E-state index is 13.8. The van der Waals surface area contributed by atoms with Crippen molar-refractivity contribution in [3.63, 3.8) is 0 Å². The Morgan fingerprint density at radius 2 is 1.79 bits per heavy atom. The van der Waals surface area contributed by atoms with Crippen molar-refractivity contribution in [2.45, 2.75) is 6.36 Å². The van der Waals surface area contributed by atoms with E-state index in [1.807, 2.05) is 0 Å². The van der Waals surface area contributed by atoms with Crippen LogP contribution in [-0.4, -0.2) is 21.8 Å². The number of H-pyrrole nitrogens is 1. The highest BCUT2D eigenvalue weighted by molar-refractivity contribution is 5.66. The second kappa shape index (κ2) is 6.19. The van der Waals surface area contributed by atoms with Crippen LogP contribution >= 0.6 is 0 Å². The van der Waals surface area contributed by atoms with Gasteiger partial charge in [0.2, 0.25) is 0 Å². The van der Waals surface area contributed by atoms with Crippen molar-refractivity contribution in [3.05, 3.63) is 54.5 Å². The molecule has 1 N–H and O–H groups in total. The number of aromatic amines is 1. The van der Waals surface area contributed by atoms with Gasteiger partial charge < -0.3 is 9.47 Å². The lowest BCUT2D eigenvalue weighted by Gasteiger charge is -2.11. The van der Waals surface area contributed by atoms with Crippen LogP contribution in [0.5, 0.6) is 17.4 Å². The van der Waals surface area contributed by atoms with Gasteiger partial charge in [-0.25, -0.2) is 4.39 Å². The molecule has 124 valence electrons. The number of nitrogens with one attached hydrogen (secondary N) is 1. The number of halogens is 4. The zero-order valence-corrected chi connectivity index (χ0v) is 11.8. The van der Waals surface area contributed by atoms with Gasteiger partial charge >= 0.3 is 6.36 Å². The van der Waals surface area contributed by atoms with Crippen LogP contribution in [0.15, 0.2) is 48.7 Å². The van der Waals surface area contributed by atoms with Gasteiger partial charge in [0.1, 0.15) is 11.9 Å². The number of ether oxygens (including phenoxy) is 2. The molecule has 24 heavy (non-hydrogen) atoms. The third-order valence-electron chi connectivity index (χ3n) is 2.94. The molecule has 2 aromatic carbocycles. The minimum Gasteiger partial charge on any atom is -0.436 e. The third kappa shape index (κ3) is 3.80. The van der Waals surface area contributed by atoms with Gasteiger partial charge in [0.05, 0.1) is 0 Å². The Bertz CT molecular complexity index is 835. The summed E-state index contributed by atoms with van der Waals surface area (Å²) in [5, 5.41) is 9.71. The van der Waals surface area contributed by atoms with Crippen LogP contribution in [0.25, 0.3) is 11.1 Å². The van der Waals surface area contributed by atoms with Crippen LogP contribution in [0.1, 0.15) is 0 Å². The van der Waals surface area contributed by atoms with E-state index in [9.17, 15) is 17.6 Å². The van der Waals surface area contributed by atoms with Gasteiger partial charge in [0.25, 0.3) is 5.88 Å². The summed E-state index contributed by atoms with van der Waals surface area (Å²) in [5.41, 5.74) is 0.918. The quantitative estimate of drug-likeness (QED) is 0.720. The van der Waals surface area contributed by atoms with Gasteiger partial charge in [-0.1, -0.05) is 18.2 Å². The van der Waals surface area contributed by atoms with E-state index in [-0.39, 0.29) is 5.88 Å². The zero-order chi connectivity index (χ0) is 17.2. The molecule has 0 fully saturated rings. The minimum absolute atomic E-state index is 0.243. The first-order valence-corrected chi connectivity index (χ1v) is 6.60. The smallest absolute Gasteiger partial charge is 0.436 e. The number of aromatic nitrogens is 3. The summed E-state index contributed by atoms with van der Waals surface area (Å²) in [6.45, 7) is 0. The highest BCUT2D eigenvalue weighted by Gasteiger charge is 2.32. The lowest BCUT2D eigenvalue weighted by Crippen LogP contribution is -2.17. The second-order valence-corrected chi connectivity index (χ2v) is 4.63. The fourth-order valence-electron chi connectivity index (χ4n) is 1.99. The molecule has 0 aliphatic heterocycles. The number of alkyl halides is 3. The van der Waals surface area contributed by atoms with Crippen LogP contribution < -0.4 is 9.47 Å². The molecule has 0 aliphatic rings. The van der Waals surface area contributed by atoms with E-state index in [1.165, 1.54) is 12.3 Å². The summed E-state index contributed by atoms with van der Waals surface area (Å²) in [7, 11) is 0. The first-order chi connectivity index (χ1) is 11.4. The first-order valence-electron chi connectivity index (χ1n) is 6.60. The molecule has 1 aromatic heterocycles. The lowest BCUT2D eigenvalue weighted by molar-refractivity contribution is -0.275. The molecule has 0 saturated heterocycles. The highest BCUT2D eigenvalue weighted by Crippen LogP contribution is 2.31. The SMILES string of the molecule is Fc1cc(-c2cccc(Oc3cn[nH]n3)c2)ccc1OC(F)(F)F. The number of benzene rings is 2. The lowest BCUT2D eigenvalue weighted by atomic mass is 10.1. The monoisotopic (exact) mass is 339 g/mol. The van der Waals surface area contributed by atoms with E-state index in [2.05, 4.69) is 20.1 Å². The fourth-order valence-corrected chi connectivity index (χ4v) is 1.99. The first kappa shape index (κ1) is 15.8. The van der Waals surface area contributed by atoms with Crippen molar-refractivity contribution >= 4 is 0 Å². The van der Waals surface area contributed by atoms with Gasteiger partial charge in [-0.15, -0.1) is 18.3 Å². The van der Waals surface area contributed by atoms with Crippen molar-refractivity contribution in [1.29, 1.82) is 0 Å². The van der Waals surface area contributed by atoms with Crippen molar-refractivity contribution < 1.29 is 27.0 Å². The molecular formula is C15H9F4N3O2. The normalized spacial score (nSPS) is 11.3. The van der Waals surface area contributed by atoms with Crippen LogP contribution in [0, 0.1) is 5.82 Å². The molecule has 5 nitrogen and oxygen atoms in total. The molecular weight excluding hydrogens is 330 g/mol. The molecule has 3 aromatic rings. The Balaban J connectivity index is 1.85. The molecule has 0 spiro atoms. The van der Waals surface area contributed by atoms with Gasteiger partial charge in [0, 0.05) is 0 Å². The van der Waals surface area contributed by atoms with Crippen LogP contribution in [0.3, 0.4) is 0 Å². The number of nitrogens with zero attached hydrogens (tertiary/aromatic N) is 2. The maximum absolute atomic E-state index is 13.8. The average Bonchev–Trinajstić information content (AvgIpc) is 3.01. The van der Waals surface area contributed by atoms with E-state index in [0.29, 0.717) is 16.9 Å². The standard InChI is InChI=1S/C15H9F4N3O2/c16-12-7-10(4-5-13(12)24-15(17,18)19)9-2-1-3-11(6-9)23-14-8-20-22-21-14/h1-8H,(H,20,21,22). The summed E-state index contributed by atoms with van der Waals surface area (Å²) < 4.78 is 59.3. The van der Waals surface area contributed by atoms with Crippen molar-refractivity contribution in [1.82, 2.24) is 15.4 Å². The summed E-state index contributed by atoms with van der Waals surface area (Å²) in [5.74, 6) is -1.35. The van der Waals surface area contributed by atoms with E-state index in [1.54, 1.807) is 24.3 Å².